The van der Waals surface area contributed by atoms with Gasteiger partial charge < -0.3 is 24.7 Å². The van der Waals surface area contributed by atoms with E-state index < -0.39 is 11.2 Å². The zero-order valence-electron chi connectivity index (χ0n) is 18.8. The van der Waals surface area contributed by atoms with Crippen molar-refractivity contribution in [1.29, 1.82) is 0 Å². The summed E-state index contributed by atoms with van der Waals surface area (Å²) < 4.78 is 11.0. The molecule has 0 bridgehead atoms. The maximum Gasteiger partial charge on any atom is 0.330 e. The molecule has 1 fully saturated rings. The van der Waals surface area contributed by atoms with Gasteiger partial charge in [0.1, 0.15) is 0 Å². The molecule has 2 aromatic rings. The topological polar surface area (TPSA) is 79.7 Å². The number of piperidine rings is 1. The Hall–Kier alpha value is -1.74. The van der Waals surface area contributed by atoms with Crippen molar-refractivity contribution in [2.45, 2.75) is 57.8 Å². The van der Waals surface area contributed by atoms with Gasteiger partial charge in [0.05, 0.1) is 23.3 Å². The van der Waals surface area contributed by atoms with Crippen molar-refractivity contribution in [1.82, 2.24) is 14.9 Å². The Balaban J connectivity index is 1.58. The molecule has 163 valence electrons. The van der Waals surface area contributed by atoms with Gasteiger partial charge in [0.2, 0.25) is 5.95 Å². The molecular formula is C22H34BN4O3. The molecule has 1 radical (unpaired) electrons. The molecule has 1 aromatic heterocycles. The van der Waals surface area contributed by atoms with E-state index in [1.165, 1.54) is 0 Å². The normalized spacial score (nSPS) is 16.7. The summed E-state index contributed by atoms with van der Waals surface area (Å²) >= 11 is 0. The van der Waals surface area contributed by atoms with Gasteiger partial charge >= 0.3 is 7.48 Å². The van der Waals surface area contributed by atoms with Crippen LogP contribution in [0, 0.1) is 0 Å². The number of fused-ring (bicyclic) bond motifs is 1. The largest absolute Gasteiger partial charge is 0.427 e. The number of methoxy groups -OCH3 is 1. The first kappa shape index (κ1) is 22.9. The molecule has 8 heteroatoms. The number of likely N-dealkylation sites (tertiary alicyclic amines) is 1. The molecule has 1 aliphatic heterocycles. The van der Waals surface area contributed by atoms with Crippen molar-refractivity contribution < 1.29 is 14.5 Å². The summed E-state index contributed by atoms with van der Waals surface area (Å²) in [6, 6.07) is 6.33. The van der Waals surface area contributed by atoms with Crippen LogP contribution in [0.2, 0.25) is 0 Å². The molecule has 0 atom stereocenters. The van der Waals surface area contributed by atoms with E-state index in [2.05, 4.69) is 20.2 Å². The summed E-state index contributed by atoms with van der Waals surface area (Å²) in [7, 11) is 3.43. The highest BCUT2D eigenvalue weighted by Gasteiger charge is 2.35. The zero-order valence-corrected chi connectivity index (χ0v) is 18.8. The van der Waals surface area contributed by atoms with Crippen LogP contribution in [0.5, 0.6) is 0 Å². The number of aliphatic hydroxyl groups is 1. The lowest BCUT2D eigenvalue weighted by atomic mass is 9.82. The summed E-state index contributed by atoms with van der Waals surface area (Å²) in [6.45, 7) is 11.1. The molecule has 2 N–H and O–H groups in total. The van der Waals surface area contributed by atoms with E-state index in [-0.39, 0.29) is 0 Å². The first-order valence-corrected chi connectivity index (χ1v) is 10.7. The Morgan fingerprint density at radius 3 is 2.63 bits per heavy atom. The van der Waals surface area contributed by atoms with Crippen LogP contribution in [-0.2, 0) is 9.39 Å². The lowest BCUT2D eigenvalue weighted by Gasteiger charge is -2.37. The molecule has 1 saturated heterocycles. The van der Waals surface area contributed by atoms with Gasteiger partial charge in [-0.25, -0.2) is 9.97 Å². The standard InChI is InChI=1S/C22H34BN4O3/c1-21(2,28)22(3,4)30-23-17-6-7-19-16(14-17)15-24-20(26-19)25-18-8-10-27(11-9-18)12-13-29-5/h6-7,14-15,18,28H,8-13H2,1-5H3,(H,24,25,26). The second-order valence-electron chi connectivity index (χ2n) is 9.07. The van der Waals surface area contributed by atoms with Crippen LogP contribution in [0.4, 0.5) is 5.95 Å². The van der Waals surface area contributed by atoms with Crippen LogP contribution >= 0.6 is 0 Å². The van der Waals surface area contributed by atoms with Crippen molar-refractivity contribution >= 4 is 29.8 Å². The van der Waals surface area contributed by atoms with Crippen LogP contribution in [-0.4, -0.2) is 78.1 Å². The Kier molecular flexibility index (Phi) is 7.34. The number of ether oxygens (including phenoxy) is 1. The number of benzene rings is 1. The lowest BCUT2D eigenvalue weighted by Crippen LogP contribution is -2.49. The van der Waals surface area contributed by atoms with Crippen LogP contribution in [0.3, 0.4) is 0 Å². The van der Waals surface area contributed by atoms with E-state index in [1.54, 1.807) is 28.4 Å². The van der Waals surface area contributed by atoms with Crippen molar-refractivity contribution in [3.63, 3.8) is 0 Å². The molecule has 0 aliphatic carbocycles. The Morgan fingerprint density at radius 2 is 1.97 bits per heavy atom. The van der Waals surface area contributed by atoms with Crippen molar-refractivity contribution in [3.8, 4) is 0 Å². The van der Waals surface area contributed by atoms with Crippen LogP contribution in [0.25, 0.3) is 10.9 Å². The summed E-state index contributed by atoms with van der Waals surface area (Å²) in [6.07, 6.45) is 4.00. The van der Waals surface area contributed by atoms with Gasteiger partial charge in [0.15, 0.2) is 0 Å². The molecule has 0 saturated carbocycles. The van der Waals surface area contributed by atoms with Gasteiger partial charge in [-0.2, -0.15) is 0 Å². The van der Waals surface area contributed by atoms with Crippen LogP contribution in [0.1, 0.15) is 40.5 Å². The number of nitrogens with zero attached hydrogens (tertiary/aromatic N) is 3. The molecular weight excluding hydrogens is 379 g/mol. The molecule has 0 spiro atoms. The summed E-state index contributed by atoms with van der Waals surface area (Å²) in [5.41, 5.74) is 0.145. The lowest BCUT2D eigenvalue weighted by molar-refractivity contribution is -0.0893. The SMILES string of the molecule is COCCN1CCC(Nc2ncc3cc([B]OC(C)(C)C(C)(C)O)ccc3n2)CC1. The molecule has 7 nitrogen and oxygen atoms in total. The minimum absolute atomic E-state index is 0.395. The monoisotopic (exact) mass is 413 g/mol. The Labute approximate surface area is 180 Å². The quantitative estimate of drug-likeness (QED) is 0.609. The fraction of sp³-hybridized carbons (Fsp3) is 0.636. The minimum Gasteiger partial charge on any atom is -0.427 e. The number of hydrogen-bond donors (Lipinski definition) is 2. The number of nitrogens with one attached hydrogen (secondary N) is 1. The first-order valence-electron chi connectivity index (χ1n) is 10.7. The maximum absolute atomic E-state index is 10.2. The van der Waals surface area contributed by atoms with Gasteiger partial charge in [-0.15, -0.1) is 0 Å². The van der Waals surface area contributed by atoms with Gasteiger partial charge in [0, 0.05) is 44.4 Å². The molecule has 1 aliphatic rings. The number of hydrogen-bond acceptors (Lipinski definition) is 7. The molecule has 2 heterocycles. The third kappa shape index (κ3) is 5.91. The smallest absolute Gasteiger partial charge is 0.330 e. The fourth-order valence-corrected chi connectivity index (χ4v) is 3.26. The second kappa shape index (κ2) is 9.60. The van der Waals surface area contributed by atoms with Crippen molar-refractivity contribution in [2.24, 2.45) is 0 Å². The van der Waals surface area contributed by atoms with E-state index in [0.717, 1.165) is 55.4 Å². The van der Waals surface area contributed by atoms with Gasteiger partial charge in [-0.1, -0.05) is 17.6 Å². The second-order valence-corrected chi connectivity index (χ2v) is 9.07. The summed E-state index contributed by atoms with van der Waals surface area (Å²) in [5.74, 6) is 0.675. The summed E-state index contributed by atoms with van der Waals surface area (Å²) in [4.78, 5) is 11.6. The highest BCUT2D eigenvalue weighted by atomic mass is 16.5. The molecule has 1 aromatic carbocycles. The number of anilines is 1. The predicted octanol–water partition coefficient (Wildman–Crippen LogP) is 1.96. The van der Waals surface area contributed by atoms with Crippen molar-refractivity contribution in [3.05, 3.63) is 24.4 Å². The third-order valence-electron chi connectivity index (χ3n) is 6.10. The Morgan fingerprint density at radius 1 is 1.23 bits per heavy atom. The minimum atomic E-state index is -0.954. The Bertz CT molecular complexity index is 833. The van der Waals surface area contributed by atoms with Gasteiger partial charge in [-0.3, -0.25) is 0 Å². The highest BCUT2D eigenvalue weighted by molar-refractivity contribution is 6.47. The van der Waals surface area contributed by atoms with Gasteiger partial charge in [-0.05, 0) is 46.6 Å². The van der Waals surface area contributed by atoms with E-state index in [0.29, 0.717) is 12.0 Å². The van der Waals surface area contributed by atoms with E-state index in [9.17, 15) is 5.11 Å². The molecule has 0 unspecified atom stereocenters. The highest BCUT2D eigenvalue weighted by Crippen LogP contribution is 2.24. The maximum atomic E-state index is 10.2. The summed E-state index contributed by atoms with van der Waals surface area (Å²) in [5, 5.41) is 14.7. The van der Waals surface area contributed by atoms with E-state index in [4.69, 9.17) is 9.39 Å². The fourth-order valence-electron chi connectivity index (χ4n) is 3.26. The van der Waals surface area contributed by atoms with Crippen LogP contribution < -0.4 is 10.8 Å². The van der Waals surface area contributed by atoms with Crippen molar-refractivity contribution in [2.75, 3.05) is 38.7 Å². The number of aromatic nitrogens is 2. The van der Waals surface area contributed by atoms with Gasteiger partial charge in [0.25, 0.3) is 0 Å². The average molecular weight is 413 g/mol. The van der Waals surface area contributed by atoms with E-state index in [1.807, 2.05) is 38.2 Å². The number of rotatable bonds is 9. The third-order valence-corrected chi connectivity index (χ3v) is 6.10. The zero-order chi connectivity index (χ0) is 21.8. The van der Waals surface area contributed by atoms with E-state index >= 15 is 0 Å². The predicted molar refractivity (Wildman–Crippen MR) is 121 cm³/mol. The molecule has 30 heavy (non-hydrogen) atoms. The van der Waals surface area contributed by atoms with Crippen LogP contribution in [0.15, 0.2) is 24.4 Å². The average Bonchev–Trinajstić information content (AvgIpc) is 2.71. The molecule has 0 amide bonds. The first-order chi connectivity index (χ1) is 14.2. The molecule has 3 rings (SSSR count).